The summed E-state index contributed by atoms with van der Waals surface area (Å²) in [7, 11) is 0. The number of nitrogens with zero attached hydrogens (tertiary/aromatic N) is 1. The lowest BCUT2D eigenvalue weighted by molar-refractivity contribution is -0.151. The number of hydrogen-bond acceptors (Lipinski definition) is 4. The van der Waals surface area contributed by atoms with Crippen LogP contribution in [-0.4, -0.2) is 38.4 Å². The maximum Gasteiger partial charge on any atom is 0.330 e. The van der Waals surface area contributed by atoms with Gasteiger partial charge in [0.15, 0.2) is 5.54 Å². The Hall–Kier alpha value is -2.83. The fraction of sp³-hybridized carbons (Fsp3) is 0.577. The van der Waals surface area contributed by atoms with E-state index in [1.54, 1.807) is 24.4 Å². The molecule has 0 bridgehead atoms. The number of nitrogens with two attached hydrogens (primary N) is 1. The van der Waals surface area contributed by atoms with Crippen LogP contribution in [0.25, 0.3) is 0 Å². The lowest BCUT2D eigenvalue weighted by atomic mass is 9.75. The van der Waals surface area contributed by atoms with Gasteiger partial charge in [0.05, 0.1) is 5.56 Å². The van der Waals surface area contributed by atoms with Crippen molar-refractivity contribution in [2.45, 2.75) is 89.5 Å². The fourth-order valence-electron chi connectivity index (χ4n) is 4.81. The van der Waals surface area contributed by atoms with Gasteiger partial charge in [-0.15, -0.1) is 0 Å². The number of phenols is 1. The van der Waals surface area contributed by atoms with Gasteiger partial charge in [-0.2, -0.15) is 0 Å². The number of primary amides is 1. The van der Waals surface area contributed by atoms with Crippen LogP contribution in [0.5, 0.6) is 5.75 Å². The smallest absolute Gasteiger partial charge is 0.330 e. The first kappa shape index (κ1) is 26.4. The van der Waals surface area contributed by atoms with E-state index in [1.165, 1.54) is 17.0 Å². The van der Waals surface area contributed by atoms with Gasteiger partial charge in [0.2, 0.25) is 5.91 Å². The van der Waals surface area contributed by atoms with Gasteiger partial charge < -0.3 is 15.9 Å². The van der Waals surface area contributed by atoms with Gasteiger partial charge in [-0.1, -0.05) is 70.1 Å². The molecule has 0 unspecified atom stereocenters. The molecule has 4 N–H and O–H groups in total. The average molecular weight is 459 g/mol. The Labute approximate surface area is 196 Å². The van der Waals surface area contributed by atoms with Crippen molar-refractivity contribution in [3.05, 3.63) is 42.1 Å². The van der Waals surface area contributed by atoms with Crippen LogP contribution in [0.4, 0.5) is 0 Å². The molecule has 2 amide bonds. The van der Waals surface area contributed by atoms with Crippen LogP contribution in [0.15, 0.2) is 36.5 Å². The molecule has 2 rings (SSSR count). The highest BCUT2D eigenvalue weighted by Crippen LogP contribution is 2.42. The molecule has 0 spiro atoms. The lowest BCUT2D eigenvalue weighted by Gasteiger charge is -2.41. The Morgan fingerprint density at radius 3 is 2.27 bits per heavy atom. The van der Waals surface area contributed by atoms with Crippen LogP contribution in [0.3, 0.4) is 0 Å². The summed E-state index contributed by atoms with van der Waals surface area (Å²) in [5, 5.41) is 20.6. The van der Waals surface area contributed by atoms with Gasteiger partial charge in [-0.3, -0.25) is 14.5 Å². The first-order valence-corrected chi connectivity index (χ1v) is 12.1. The molecule has 0 radical (unpaired) electrons. The van der Waals surface area contributed by atoms with E-state index in [0.717, 1.165) is 57.8 Å². The Morgan fingerprint density at radius 2 is 1.67 bits per heavy atom. The highest BCUT2D eigenvalue weighted by Gasteiger charge is 2.53. The van der Waals surface area contributed by atoms with Crippen molar-refractivity contribution in [1.29, 1.82) is 0 Å². The Morgan fingerprint density at radius 1 is 1.03 bits per heavy atom. The summed E-state index contributed by atoms with van der Waals surface area (Å²) in [6, 6.07) is 6.24. The van der Waals surface area contributed by atoms with Gasteiger partial charge >= 0.3 is 5.97 Å². The zero-order valence-corrected chi connectivity index (χ0v) is 19.7. The molecule has 2 atom stereocenters. The predicted molar refractivity (Wildman–Crippen MR) is 128 cm³/mol. The number of carboxylic acids is 1. The standard InChI is InChI=1S/C26H38N2O5/c1-2-3-4-7-13-20(14-8-5-6-9-17-23(27)30)26(25(32)33)18-12-19-28(26)24(31)21-15-10-11-16-22(21)29/h10-12,15-16,19-20,29H,2-9,13-14,17-18H2,1H3,(H2,27,30)(H,32,33)/t20-,26+/m1/s1. The third-order valence-corrected chi connectivity index (χ3v) is 6.64. The molecule has 0 aliphatic carbocycles. The second-order valence-electron chi connectivity index (χ2n) is 8.98. The van der Waals surface area contributed by atoms with E-state index in [-0.39, 0.29) is 29.6 Å². The van der Waals surface area contributed by atoms with Crippen LogP contribution in [0, 0.1) is 5.92 Å². The van der Waals surface area contributed by atoms with Gasteiger partial charge in [-0.25, -0.2) is 4.79 Å². The fourth-order valence-corrected chi connectivity index (χ4v) is 4.81. The minimum absolute atomic E-state index is 0.103. The van der Waals surface area contributed by atoms with Crippen molar-refractivity contribution in [2.75, 3.05) is 0 Å². The van der Waals surface area contributed by atoms with E-state index in [2.05, 4.69) is 6.92 Å². The van der Waals surface area contributed by atoms with Crippen LogP contribution in [0.2, 0.25) is 0 Å². The van der Waals surface area contributed by atoms with E-state index in [9.17, 15) is 24.6 Å². The van der Waals surface area contributed by atoms with E-state index in [0.29, 0.717) is 12.8 Å². The van der Waals surface area contributed by atoms with Crippen molar-refractivity contribution in [3.8, 4) is 5.75 Å². The Bertz CT molecular complexity index is 838. The van der Waals surface area contributed by atoms with E-state index < -0.39 is 17.4 Å². The maximum atomic E-state index is 13.4. The number of rotatable bonds is 15. The van der Waals surface area contributed by atoms with Crippen LogP contribution >= 0.6 is 0 Å². The zero-order valence-electron chi connectivity index (χ0n) is 19.7. The number of amides is 2. The number of aliphatic carboxylic acids is 1. The molecular weight excluding hydrogens is 420 g/mol. The van der Waals surface area contributed by atoms with Crippen molar-refractivity contribution in [2.24, 2.45) is 11.7 Å². The summed E-state index contributed by atoms with van der Waals surface area (Å²) in [5.41, 5.74) is 3.94. The summed E-state index contributed by atoms with van der Waals surface area (Å²) in [6.45, 7) is 2.13. The number of carboxylic acid groups (broad SMARTS) is 1. The average Bonchev–Trinajstić information content (AvgIpc) is 3.23. The third-order valence-electron chi connectivity index (χ3n) is 6.64. The van der Waals surface area contributed by atoms with Crippen molar-refractivity contribution < 1.29 is 24.6 Å². The summed E-state index contributed by atoms with van der Waals surface area (Å²) in [4.78, 5) is 38.4. The molecule has 0 fully saturated rings. The summed E-state index contributed by atoms with van der Waals surface area (Å²) >= 11 is 0. The monoisotopic (exact) mass is 458 g/mol. The summed E-state index contributed by atoms with van der Waals surface area (Å²) in [5.74, 6) is -2.18. The number of unbranched alkanes of at least 4 members (excludes halogenated alkanes) is 6. The van der Waals surface area contributed by atoms with Gasteiger partial charge in [0.25, 0.3) is 5.91 Å². The Kier molecular flexibility index (Phi) is 10.4. The predicted octanol–water partition coefficient (Wildman–Crippen LogP) is 4.99. The molecule has 0 saturated heterocycles. The summed E-state index contributed by atoms with van der Waals surface area (Å²) < 4.78 is 0. The highest BCUT2D eigenvalue weighted by molar-refractivity contribution is 6.01. The molecule has 7 heteroatoms. The number of carbonyl (C=O) groups is 3. The van der Waals surface area contributed by atoms with Gasteiger partial charge in [-0.05, 0) is 37.3 Å². The van der Waals surface area contributed by atoms with Gasteiger partial charge in [0.1, 0.15) is 5.75 Å². The maximum absolute atomic E-state index is 13.4. The first-order chi connectivity index (χ1) is 15.8. The van der Waals surface area contributed by atoms with E-state index in [4.69, 9.17) is 5.73 Å². The quantitative estimate of drug-likeness (QED) is 0.320. The van der Waals surface area contributed by atoms with Crippen molar-refractivity contribution in [1.82, 2.24) is 4.90 Å². The molecule has 1 aromatic carbocycles. The van der Waals surface area contributed by atoms with Gasteiger partial charge in [0, 0.05) is 19.0 Å². The Balaban J connectivity index is 2.22. The number of phenolic OH excluding ortho intramolecular Hbond substituents is 1. The molecule has 1 aliphatic heterocycles. The molecule has 182 valence electrons. The number of para-hydroxylation sites is 1. The number of hydrogen-bond donors (Lipinski definition) is 3. The number of benzene rings is 1. The van der Waals surface area contributed by atoms with Crippen molar-refractivity contribution >= 4 is 17.8 Å². The molecule has 0 saturated carbocycles. The largest absolute Gasteiger partial charge is 0.507 e. The normalized spacial score (nSPS) is 18.4. The minimum Gasteiger partial charge on any atom is -0.507 e. The molecule has 1 aromatic rings. The molecule has 1 aliphatic rings. The highest BCUT2D eigenvalue weighted by atomic mass is 16.4. The molecular formula is C26H38N2O5. The minimum atomic E-state index is -1.36. The first-order valence-electron chi connectivity index (χ1n) is 12.1. The topological polar surface area (TPSA) is 121 Å². The van der Waals surface area contributed by atoms with Crippen LogP contribution < -0.4 is 5.73 Å². The summed E-state index contributed by atoms with van der Waals surface area (Å²) in [6.07, 6.45) is 12.8. The molecule has 1 heterocycles. The zero-order chi connectivity index (χ0) is 24.3. The second-order valence-corrected chi connectivity index (χ2v) is 8.98. The SMILES string of the molecule is CCCCCC[C@H](CCCCCCC(N)=O)[C@]1(C(=O)O)CC=CN1C(=O)c1ccccc1O. The second kappa shape index (κ2) is 13.0. The van der Waals surface area contributed by atoms with E-state index in [1.807, 2.05) is 0 Å². The number of carbonyl (C=O) groups excluding carboxylic acids is 2. The number of aromatic hydroxyl groups is 1. The molecule has 0 aromatic heterocycles. The third kappa shape index (κ3) is 6.83. The van der Waals surface area contributed by atoms with Crippen LogP contribution in [0.1, 0.15) is 94.3 Å². The van der Waals surface area contributed by atoms with E-state index >= 15 is 0 Å². The molecule has 7 nitrogen and oxygen atoms in total. The lowest BCUT2D eigenvalue weighted by Crippen LogP contribution is -2.57. The van der Waals surface area contributed by atoms with Crippen molar-refractivity contribution in [3.63, 3.8) is 0 Å². The molecule has 33 heavy (non-hydrogen) atoms. The van der Waals surface area contributed by atoms with Crippen LogP contribution in [-0.2, 0) is 9.59 Å².